The molecule has 2 heterocycles. The first-order valence-corrected chi connectivity index (χ1v) is 10.6. The molecule has 0 bridgehead atoms. The maximum absolute atomic E-state index is 12.8. The van der Waals surface area contributed by atoms with E-state index in [9.17, 15) is 4.79 Å². The normalized spacial score (nSPS) is 18.0. The van der Waals surface area contributed by atoms with Crippen LogP contribution in [-0.4, -0.2) is 17.1 Å². The Kier molecular flexibility index (Phi) is 4.98. The minimum absolute atomic E-state index is 0.0334. The molecule has 4 aromatic rings. The second-order valence-electron chi connectivity index (χ2n) is 7.89. The Hall–Kier alpha value is -3.18. The lowest BCUT2D eigenvalue weighted by molar-refractivity contribution is 0.364. The highest BCUT2D eigenvalue weighted by Crippen LogP contribution is 2.44. The molecule has 0 N–H and O–H groups in total. The number of rotatable bonds is 3. The van der Waals surface area contributed by atoms with Crippen LogP contribution in [0.2, 0.25) is 5.02 Å². The Morgan fingerprint density at radius 2 is 1.81 bits per heavy atom. The van der Waals surface area contributed by atoms with Crippen molar-refractivity contribution in [3.8, 4) is 5.88 Å². The first-order valence-electron chi connectivity index (χ1n) is 10.2. The van der Waals surface area contributed by atoms with Crippen LogP contribution in [0.5, 0.6) is 5.88 Å². The monoisotopic (exact) mass is 432 g/mol. The van der Waals surface area contributed by atoms with E-state index in [1.165, 1.54) is 0 Å². The molecule has 5 nitrogen and oxygen atoms in total. The molecule has 0 spiro atoms. The minimum Gasteiger partial charge on any atom is -0.481 e. The highest BCUT2D eigenvalue weighted by Gasteiger charge is 2.36. The molecule has 0 amide bonds. The topological polar surface area (TPSA) is 65.2 Å². The van der Waals surface area contributed by atoms with Gasteiger partial charge in [0.05, 0.1) is 18.2 Å². The summed E-state index contributed by atoms with van der Waals surface area (Å²) in [6, 6.07) is 16.8. The van der Waals surface area contributed by atoms with Crippen molar-refractivity contribution in [2.75, 3.05) is 7.11 Å². The summed E-state index contributed by atoms with van der Waals surface area (Å²) in [5, 5.41) is 1.27. The molecule has 0 fully saturated rings. The molecule has 0 aliphatic heterocycles. The predicted molar refractivity (Wildman–Crippen MR) is 120 cm³/mol. The van der Waals surface area contributed by atoms with E-state index in [1.54, 1.807) is 19.2 Å². The Labute approximate surface area is 184 Å². The lowest BCUT2D eigenvalue weighted by Crippen LogP contribution is -2.25. The van der Waals surface area contributed by atoms with Crippen molar-refractivity contribution >= 4 is 22.6 Å². The molecular weight excluding hydrogens is 412 g/mol. The van der Waals surface area contributed by atoms with Gasteiger partial charge in [-0.3, -0.25) is 4.79 Å². The fourth-order valence-electron chi connectivity index (χ4n) is 4.55. The number of methoxy groups -OCH3 is 1. The lowest BCUT2D eigenvalue weighted by atomic mass is 9.73. The van der Waals surface area contributed by atoms with Crippen molar-refractivity contribution in [2.45, 2.75) is 31.6 Å². The van der Waals surface area contributed by atoms with Crippen molar-refractivity contribution in [2.24, 2.45) is 0 Å². The molecule has 0 saturated carbocycles. The molecule has 0 radical (unpaired) electrons. The van der Waals surface area contributed by atoms with Crippen LogP contribution in [0.15, 0.2) is 63.8 Å². The Bertz CT molecular complexity index is 1330. The number of hydrogen-bond donors (Lipinski definition) is 0. The number of nitrogens with zero attached hydrogens (tertiary/aromatic N) is 2. The van der Waals surface area contributed by atoms with Gasteiger partial charge in [0.1, 0.15) is 17.2 Å². The molecule has 0 saturated heterocycles. The fourth-order valence-corrected chi connectivity index (χ4v) is 4.67. The van der Waals surface area contributed by atoms with E-state index in [1.807, 2.05) is 49.4 Å². The summed E-state index contributed by atoms with van der Waals surface area (Å²) < 4.78 is 11.8. The molecule has 2 aromatic carbocycles. The smallest absolute Gasteiger partial charge is 0.219 e. The second-order valence-corrected chi connectivity index (χ2v) is 8.32. The SMILES string of the molecule is COc1nc(C)nc2c1CC(c1ccc(Cl)cc1)C(c1cc(=O)c3ccccc3o1)C2. The first kappa shape index (κ1) is 19.8. The molecular formula is C25H21ClN2O3. The maximum atomic E-state index is 12.8. The van der Waals surface area contributed by atoms with E-state index in [0.717, 1.165) is 16.8 Å². The lowest BCUT2D eigenvalue weighted by Gasteiger charge is -2.33. The first-order chi connectivity index (χ1) is 15.0. The number of benzene rings is 2. The molecule has 1 aliphatic rings. The fraction of sp³-hybridized carbons (Fsp3) is 0.240. The number of aryl methyl sites for hydroxylation is 1. The molecule has 156 valence electrons. The molecule has 2 aromatic heterocycles. The quantitative estimate of drug-likeness (QED) is 0.444. The van der Waals surface area contributed by atoms with Crippen LogP contribution in [0, 0.1) is 6.92 Å². The van der Waals surface area contributed by atoms with E-state index < -0.39 is 0 Å². The number of ether oxygens (including phenoxy) is 1. The van der Waals surface area contributed by atoms with Gasteiger partial charge < -0.3 is 9.15 Å². The van der Waals surface area contributed by atoms with E-state index in [2.05, 4.69) is 4.98 Å². The van der Waals surface area contributed by atoms with Crippen molar-refractivity contribution in [3.05, 3.63) is 98.2 Å². The van der Waals surface area contributed by atoms with E-state index in [4.69, 9.17) is 25.7 Å². The van der Waals surface area contributed by atoms with Gasteiger partial charge in [-0.05, 0) is 49.1 Å². The highest BCUT2D eigenvalue weighted by atomic mass is 35.5. The summed E-state index contributed by atoms with van der Waals surface area (Å²) in [6.45, 7) is 1.86. The Morgan fingerprint density at radius 3 is 2.58 bits per heavy atom. The van der Waals surface area contributed by atoms with Gasteiger partial charge in [-0.25, -0.2) is 4.98 Å². The van der Waals surface area contributed by atoms with Gasteiger partial charge >= 0.3 is 0 Å². The predicted octanol–water partition coefficient (Wildman–Crippen LogP) is 5.22. The highest BCUT2D eigenvalue weighted by molar-refractivity contribution is 6.30. The average molecular weight is 433 g/mol. The van der Waals surface area contributed by atoms with E-state index in [-0.39, 0.29) is 17.3 Å². The zero-order valence-electron chi connectivity index (χ0n) is 17.3. The number of hydrogen-bond acceptors (Lipinski definition) is 5. The third-order valence-electron chi connectivity index (χ3n) is 6.00. The van der Waals surface area contributed by atoms with Crippen LogP contribution < -0.4 is 10.2 Å². The molecule has 6 heteroatoms. The van der Waals surface area contributed by atoms with E-state index >= 15 is 0 Å². The summed E-state index contributed by atoms with van der Waals surface area (Å²) in [5.74, 6) is 1.96. The van der Waals surface area contributed by atoms with E-state index in [0.29, 0.717) is 46.3 Å². The zero-order chi connectivity index (χ0) is 21.5. The Morgan fingerprint density at radius 1 is 1.03 bits per heavy atom. The number of aromatic nitrogens is 2. The van der Waals surface area contributed by atoms with Crippen molar-refractivity contribution in [1.82, 2.24) is 9.97 Å². The number of fused-ring (bicyclic) bond motifs is 2. The van der Waals surface area contributed by atoms with Crippen LogP contribution in [0.25, 0.3) is 11.0 Å². The molecule has 2 atom stereocenters. The standard InChI is InChI=1S/C25H21ClN2O3/c1-14-27-21-12-19(24-13-22(29)17-5-3-4-6-23(17)31-24)18(11-20(21)25(28-14)30-2)15-7-9-16(26)10-8-15/h3-10,13,18-19H,11-12H2,1-2H3. The third kappa shape index (κ3) is 3.59. The second kappa shape index (κ2) is 7.82. The van der Waals surface area contributed by atoms with Gasteiger partial charge in [0.15, 0.2) is 5.43 Å². The van der Waals surface area contributed by atoms with Crippen LogP contribution in [0.3, 0.4) is 0 Å². The maximum Gasteiger partial charge on any atom is 0.219 e. The molecule has 5 rings (SSSR count). The largest absolute Gasteiger partial charge is 0.481 e. The zero-order valence-corrected chi connectivity index (χ0v) is 18.0. The molecule has 2 unspecified atom stereocenters. The summed E-state index contributed by atoms with van der Waals surface area (Å²) in [4.78, 5) is 22.0. The van der Waals surface area contributed by atoms with Crippen molar-refractivity contribution < 1.29 is 9.15 Å². The van der Waals surface area contributed by atoms with Gasteiger partial charge in [-0.1, -0.05) is 35.9 Å². The summed E-state index contributed by atoms with van der Waals surface area (Å²) >= 11 is 6.14. The van der Waals surface area contributed by atoms with Crippen LogP contribution >= 0.6 is 11.6 Å². The van der Waals surface area contributed by atoms with Crippen LogP contribution in [0.1, 0.15) is 40.2 Å². The van der Waals surface area contributed by atoms with Gasteiger partial charge in [0.25, 0.3) is 0 Å². The molecule has 1 aliphatic carbocycles. The van der Waals surface area contributed by atoms with Crippen LogP contribution in [-0.2, 0) is 12.8 Å². The van der Waals surface area contributed by atoms with Crippen molar-refractivity contribution in [1.29, 1.82) is 0 Å². The minimum atomic E-state index is -0.0509. The van der Waals surface area contributed by atoms with Gasteiger partial charge in [0.2, 0.25) is 5.88 Å². The number of halogens is 1. The average Bonchev–Trinajstić information content (AvgIpc) is 2.78. The van der Waals surface area contributed by atoms with Crippen LogP contribution in [0.4, 0.5) is 0 Å². The van der Waals surface area contributed by atoms with Gasteiger partial charge in [-0.2, -0.15) is 4.98 Å². The summed E-state index contributed by atoms with van der Waals surface area (Å²) in [6.07, 6.45) is 1.31. The Balaban J connectivity index is 1.69. The summed E-state index contributed by atoms with van der Waals surface area (Å²) in [5.41, 5.74) is 3.64. The summed E-state index contributed by atoms with van der Waals surface area (Å²) in [7, 11) is 1.63. The third-order valence-corrected chi connectivity index (χ3v) is 6.25. The van der Waals surface area contributed by atoms with Gasteiger partial charge in [-0.15, -0.1) is 0 Å². The van der Waals surface area contributed by atoms with Crippen molar-refractivity contribution in [3.63, 3.8) is 0 Å². The number of para-hydroxylation sites is 1. The molecule has 31 heavy (non-hydrogen) atoms. The van der Waals surface area contributed by atoms with Gasteiger partial charge in [0, 0.05) is 29.0 Å².